The maximum Gasteiger partial charge on any atom is 0.0624 e. The first-order valence-electron chi connectivity index (χ1n) is 2.64. The number of hydrogen-bond acceptors (Lipinski definition) is 1. The summed E-state index contributed by atoms with van der Waals surface area (Å²) in [6.45, 7) is 0. The molecule has 0 aromatic heterocycles. The fourth-order valence-corrected chi connectivity index (χ4v) is 0.551. The van der Waals surface area contributed by atoms with Crippen LogP contribution in [0.25, 0.3) is 0 Å². The lowest BCUT2D eigenvalue weighted by Gasteiger charge is -1.80. The zero-order chi connectivity index (χ0) is 5.11. The summed E-state index contributed by atoms with van der Waals surface area (Å²) >= 11 is 0. The summed E-state index contributed by atoms with van der Waals surface area (Å²) in [6, 6.07) is 2.08. The minimum absolute atomic E-state index is 0.644. The van der Waals surface area contributed by atoms with Crippen molar-refractivity contribution in [2.24, 2.45) is 5.92 Å². The Morgan fingerprint density at radius 2 is 2.43 bits per heavy atom. The molecule has 0 saturated heterocycles. The molecule has 0 bridgehead atoms. The molecule has 1 radical (unpaired) electrons. The van der Waals surface area contributed by atoms with Crippen LogP contribution < -0.4 is 0 Å². The van der Waals surface area contributed by atoms with Gasteiger partial charge in [0.25, 0.3) is 0 Å². The van der Waals surface area contributed by atoms with Crippen molar-refractivity contribution in [3.8, 4) is 6.07 Å². The summed E-state index contributed by atoms with van der Waals surface area (Å²) in [5, 5.41) is 8.06. The quantitative estimate of drug-likeness (QED) is 0.509. The fraction of sp³-hybridized carbons (Fsp3) is 0.667. The van der Waals surface area contributed by atoms with E-state index in [9.17, 15) is 0 Å². The molecule has 37 valence electrons. The molecular weight excluding hydrogens is 86.1 g/mol. The van der Waals surface area contributed by atoms with E-state index >= 15 is 0 Å². The van der Waals surface area contributed by atoms with Gasteiger partial charge in [0, 0.05) is 6.42 Å². The van der Waals surface area contributed by atoms with Crippen molar-refractivity contribution < 1.29 is 0 Å². The second-order valence-electron chi connectivity index (χ2n) is 1.94. The zero-order valence-electron chi connectivity index (χ0n) is 4.22. The summed E-state index contributed by atoms with van der Waals surface area (Å²) in [6.07, 6.45) is 5.38. The van der Waals surface area contributed by atoms with Gasteiger partial charge in [-0.1, -0.05) is 0 Å². The minimum Gasteiger partial charge on any atom is -0.198 e. The van der Waals surface area contributed by atoms with Gasteiger partial charge in [0.15, 0.2) is 0 Å². The third-order valence-electron chi connectivity index (χ3n) is 1.16. The molecule has 0 aromatic rings. The average Bonchev–Trinajstić information content (AvgIpc) is 2.42. The van der Waals surface area contributed by atoms with Crippen molar-refractivity contribution in [2.75, 3.05) is 0 Å². The van der Waals surface area contributed by atoms with E-state index in [4.69, 9.17) is 5.26 Å². The molecule has 0 amide bonds. The molecule has 0 atom stereocenters. The van der Waals surface area contributed by atoms with Gasteiger partial charge in [-0.3, -0.25) is 0 Å². The Labute approximate surface area is 44.0 Å². The van der Waals surface area contributed by atoms with Crippen LogP contribution in [0, 0.1) is 23.7 Å². The van der Waals surface area contributed by atoms with Crippen molar-refractivity contribution in [2.45, 2.75) is 19.3 Å². The summed E-state index contributed by atoms with van der Waals surface area (Å²) in [5.74, 6) is 0.805. The fourth-order valence-electron chi connectivity index (χ4n) is 0.551. The Hall–Kier alpha value is -0.510. The minimum atomic E-state index is 0.644. The Kier molecular flexibility index (Phi) is 1.31. The van der Waals surface area contributed by atoms with Gasteiger partial charge in [-0.05, 0) is 25.2 Å². The van der Waals surface area contributed by atoms with Gasteiger partial charge < -0.3 is 0 Å². The molecule has 0 unspecified atom stereocenters. The van der Waals surface area contributed by atoms with Crippen LogP contribution >= 0.6 is 0 Å². The van der Waals surface area contributed by atoms with E-state index in [1.807, 2.05) is 0 Å². The molecule has 0 aromatic carbocycles. The van der Waals surface area contributed by atoms with Crippen molar-refractivity contribution >= 4 is 0 Å². The standard InChI is InChI=1S/C6H8N/c7-5-1-2-6-3-4-6/h2,6H,1,3-4H2. The van der Waals surface area contributed by atoms with E-state index in [1.54, 1.807) is 0 Å². The molecule has 7 heavy (non-hydrogen) atoms. The van der Waals surface area contributed by atoms with Crippen LogP contribution in [0.1, 0.15) is 19.3 Å². The molecule has 1 heteroatoms. The number of rotatable bonds is 2. The molecule has 1 aliphatic carbocycles. The molecule has 0 spiro atoms. The topological polar surface area (TPSA) is 23.8 Å². The maximum absolute atomic E-state index is 8.06. The number of nitriles is 1. The highest BCUT2D eigenvalue weighted by molar-refractivity contribution is 4.92. The van der Waals surface area contributed by atoms with E-state index in [0.717, 1.165) is 5.92 Å². The first kappa shape index (κ1) is 4.64. The third kappa shape index (κ3) is 1.59. The molecule has 0 N–H and O–H groups in total. The van der Waals surface area contributed by atoms with Crippen LogP contribution in [0.4, 0.5) is 0 Å². The molecule has 1 nitrogen and oxygen atoms in total. The monoisotopic (exact) mass is 94.1 g/mol. The molecular formula is C6H8N. The van der Waals surface area contributed by atoms with Crippen LogP contribution in [0.5, 0.6) is 0 Å². The third-order valence-corrected chi connectivity index (χ3v) is 1.16. The van der Waals surface area contributed by atoms with Crippen LogP contribution in [0.15, 0.2) is 0 Å². The molecule has 0 heterocycles. The predicted molar refractivity (Wildman–Crippen MR) is 27.3 cm³/mol. The smallest absolute Gasteiger partial charge is 0.0624 e. The highest BCUT2D eigenvalue weighted by Crippen LogP contribution is 2.32. The SMILES string of the molecule is N#CC[CH]C1CC1. The molecule has 1 rings (SSSR count). The van der Waals surface area contributed by atoms with Gasteiger partial charge in [-0.2, -0.15) is 5.26 Å². The van der Waals surface area contributed by atoms with E-state index in [2.05, 4.69) is 12.5 Å². The predicted octanol–water partition coefficient (Wildman–Crippen LogP) is 1.51. The molecule has 1 fully saturated rings. The van der Waals surface area contributed by atoms with E-state index in [-0.39, 0.29) is 0 Å². The second-order valence-corrected chi connectivity index (χ2v) is 1.94. The Balaban J connectivity index is 1.91. The van der Waals surface area contributed by atoms with Gasteiger partial charge in [-0.25, -0.2) is 0 Å². The molecule has 1 saturated carbocycles. The lowest BCUT2D eigenvalue weighted by molar-refractivity contribution is 0.950. The second kappa shape index (κ2) is 1.97. The van der Waals surface area contributed by atoms with Crippen molar-refractivity contribution in [1.82, 2.24) is 0 Å². The van der Waals surface area contributed by atoms with Gasteiger partial charge >= 0.3 is 0 Å². The first-order valence-corrected chi connectivity index (χ1v) is 2.64. The lowest BCUT2D eigenvalue weighted by Crippen LogP contribution is -1.72. The van der Waals surface area contributed by atoms with Crippen molar-refractivity contribution in [3.63, 3.8) is 0 Å². The van der Waals surface area contributed by atoms with Gasteiger partial charge in [0.2, 0.25) is 0 Å². The molecule has 1 aliphatic rings. The van der Waals surface area contributed by atoms with Crippen LogP contribution in [-0.4, -0.2) is 0 Å². The highest BCUT2D eigenvalue weighted by atomic mass is 14.3. The van der Waals surface area contributed by atoms with Crippen LogP contribution in [0.3, 0.4) is 0 Å². The summed E-state index contributed by atoms with van der Waals surface area (Å²) in [7, 11) is 0. The van der Waals surface area contributed by atoms with Crippen LogP contribution in [0.2, 0.25) is 0 Å². The normalized spacial score (nSPS) is 18.7. The Morgan fingerprint density at radius 3 is 2.86 bits per heavy atom. The first-order chi connectivity index (χ1) is 3.43. The summed E-state index contributed by atoms with van der Waals surface area (Å²) in [4.78, 5) is 0. The van der Waals surface area contributed by atoms with Crippen molar-refractivity contribution in [3.05, 3.63) is 6.42 Å². The zero-order valence-corrected chi connectivity index (χ0v) is 4.22. The molecule has 0 aliphatic heterocycles. The maximum atomic E-state index is 8.06. The van der Waals surface area contributed by atoms with Crippen molar-refractivity contribution in [1.29, 1.82) is 5.26 Å². The number of hydrogen-bond donors (Lipinski definition) is 0. The van der Waals surface area contributed by atoms with Crippen LogP contribution in [-0.2, 0) is 0 Å². The van der Waals surface area contributed by atoms with Gasteiger partial charge in [0.1, 0.15) is 0 Å². The number of nitrogens with zero attached hydrogens (tertiary/aromatic N) is 1. The largest absolute Gasteiger partial charge is 0.198 e. The van der Waals surface area contributed by atoms with Gasteiger partial charge in [0.05, 0.1) is 6.07 Å². The summed E-state index contributed by atoms with van der Waals surface area (Å²) < 4.78 is 0. The van der Waals surface area contributed by atoms with E-state index in [0.29, 0.717) is 6.42 Å². The Bertz CT molecular complexity index is 86.8. The Morgan fingerprint density at radius 1 is 1.71 bits per heavy atom. The lowest BCUT2D eigenvalue weighted by atomic mass is 10.2. The van der Waals surface area contributed by atoms with E-state index in [1.165, 1.54) is 12.8 Å². The average molecular weight is 94.1 g/mol. The van der Waals surface area contributed by atoms with Gasteiger partial charge in [-0.15, -0.1) is 0 Å². The summed E-state index contributed by atoms with van der Waals surface area (Å²) in [5.41, 5.74) is 0. The highest BCUT2D eigenvalue weighted by Gasteiger charge is 2.20. The van der Waals surface area contributed by atoms with E-state index < -0.39 is 0 Å².